The van der Waals surface area contributed by atoms with E-state index in [-0.39, 0.29) is 11.5 Å². The molecule has 1 unspecified atom stereocenters. The maximum atomic E-state index is 12.4. The number of pyridine rings is 1. The molecule has 1 atom stereocenters. The van der Waals surface area contributed by atoms with E-state index >= 15 is 0 Å². The Morgan fingerprint density at radius 2 is 2.12 bits per heavy atom. The van der Waals surface area contributed by atoms with Gasteiger partial charge in [-0.25, -0.2) is 0 Å². The number of nitrogens with one attached hydrogen (secondary N) is 1. The zero-order chi connectivity index (χ0) is 17.8. The highest BCUT2D eigenvalue weighted by atomic mass is 16.7. The van der Waals surface area contributed by atoms with E-state index in [0.29, 0.717) is 17.8 Å². The van der Waals surface area contributed by atoms with Gasteiger partial charge in [-0.15, -0.1) is 0 Å². The third-order valence-electron chi connectivity index (χ3n) is 4.98. The summed E-state index contributed by atoms with van der Waals surface area (Å²) in [4.78, 5) is 24.5. The van der Waals surface area contributed by atoms with Gasteiger partial charge in [0.1, 0.15) is 5.71 Å². The van der Waals surface area contributed by atoms with Crippen LogP contribution in [-0.4, -0.2) is 46.7 Å². The summed E-state index contributed by atoms with van der Waals surface area (Å²) in [6.07, 6.45) is 5.76. The van der Waals surface area contributed by atoms with Crippen LogP contribution < -0.4 is 5.32 Å². The van der Waals surface area contributed by atoms with Crippen molar-refractivity contribution in [1.29, 1.82) is 0 Å². The lowest BCUT2D eigenvalue weighted by atomic mass is 9.96. The molecule has 0 saturated carbocycles. The van der Waals surface area contributed by atoms with Crippen molar-refractivity contribution in [3.8, 4) is 0 Å². The highest BCUT2D eigenvalue weighted by Gasteiger charge is 2.46. The number of carbonyl (C=O) groups excluding carboxylic acids is 1. The standard InChI is InChI=1S/C20H22N4O2/c25-19(22-17-7-4-10-21-14-17)18-13-20(26-23-18)9-12-24(15-20)11-8-16-5-2-1-3-6-16/h1-7,10,14H,8-9,11-13,15H2,(H,22,25). The number of rotatable bonds is 5. The fourth-order valence-corrected chi connectivity index (χ4v) is 3.55. The van der Waals surface area contributed by atoms with Crippen LogP contribution in [0.3, 0.4) is 0 Å². The van der Waals surface area contributed by atoms with Crippen molar-refractivity contribution in [3.05, 3.63) is 60.4 Å². The first-order valence-corrected chi connectivity index (χ1v) is 8.95. The summed E-state index contributed by atoms with van der Waals surface area (Å²) < 4.78 is 0. The fourth-order valence-electron chi connectivity index (χ4n) is 3.55. The quantitative estimate of drug-likeness (QED) is 0.900. The molecule has 1 N–H and O–H groups in total. The highest BCUT2D eigenvalue weighted by molar-refractivity contribution is 6.43. The Bertz CT molecular complexity index is 794. The number of carbonyl (C=O) groups is 1. The zero-order valence-electron chi connectivity index (χ0n) is 14.6. The minimum absolute atomic E-state index is 0.211. The van der Waals surface area contributed by atoms with Crippen molar-refractivity contribution in [3.63, 3.8) is 0 Å². The minimum atomic E-state index is -0.349. The van der Waals surface area contributed by atoms with Crippen molar-refractivity contribution in [2.24, 2.45) is 5.16 Å². The molecule has 1 amide bonds. The predicted octanol–water partition coefficient (Wildman–Crippen LogP) is 2.48. The lowest BCUT2D eigenvalue weighted by Gasteiger charge is -2.21. The smallest absolute Gasteiger partial charge is 0.273 e. The normalized spacial score (nSPS) is 22.2. The summed E-state index contributed by atoms with van der Waals surface area (Å²) in [5.74, 6) is -0.211. The van der Waals surface area contributed by atoms with Gasteiger partial charge in [0.15, 0.2) is 5.60 Å². The lowest BCUT2D eigenvalue weighted by Crippen LogP contribution is -2.35. The van der Waals surface area contributed by atoms with E-state index in [9.17, 15) is 4.79 Å². The molecule has 1 fully saturated rings. The number of aromatic nitrogens is 1. The average Bonchev–Trinajstić information content (AvgIpc) is 3.29. The molecule has 2 aromatic rings. The molecule has 1 saturated heterocycles. The van der Waals surface area contributed by atoms with Gasteiger partial charge in [0.05, 0.1) is 11.9 Å². The SMILES string of the molecule is O=C(Nc1cccnc1)C1=NOC2(CCN(CCc3ccccc3)C2)C1. The molecule has 2 aliphatic rings. The molecule has 0 aliphatic carbocycles. The van der Waals surface area contributed by atoms with Crippen molar-refractivity contribution in [1.82, 2.24) is 9.88 Å². The molecule has 4 rings (SSSR count). The van der Waals surface area contributed by atoms with Gasteiger partial charge in [-0.05, 0) is 24.1 Å². The van der Waals surface area contributed by atoms with Crippen molar-refractivity contribution in [2.75, 3.05) is 25.0 Å². The Labute approximate surface area is 152 Å². The topological polar surface area (TPSA) is 66.8 Å². The number of benzene rings is 1. The van der Waals surface area contributed by atoms with Crippen LogP contribution in [-0.2, 0) is 16.1 Å². The van der Waals surface area contributed by atoms with Crippen LogP contribution in [0, 0.1) is 0 Å². The van der Waals surface area contributed by atoms with E-state index in [1.165, 1.54) is 5.56 Å². The molecule has 1 spiro atoms. The number of nitrogens with zero attached hydrogens (tertiary/aromatic N) is 3. The van der Waals surface area contributed by atoms with Gasteiger partial charge in [0.25, 0.3) is 5.91 Å². The first-order chi connectivity index (χ1) is 12.7. The average molecular weight is 350 g/mol. The summed E-state index contributed by atoms with van der Waals surface area (Å²) in [6.45, 7) is 2.78. The van der Waals surface area contributed by atoms with Gasteiger partial charge in [-0.2, -0.15) is 0 Å². The zero-order valence-corrected chi connectivity index (χ0v) is 14.6. The second-order valence-electron chi connectivity index (χ2n) is 6.95. The molecule has 6 heteroatoms. The van der Waals surface area contributed by atoms with E-state index < -0.39 is 0 Å². The van der Waals surface area contributed by atoms with E-state index in [0.717, 1.165) is 32.5 Å². The highest BCUT2D eigenvalue weighted by Crippen LogP contribution is 2.34. The summed E-state index contributed by atoms with van der Waals surface area (Å²) in [7, 11) is 0. The molecule has 134 valence electrons. The van der Waals surface area contributed by atoms with Crippen LogP contribution in [0.4, 0.5) is 5.69 Å². The fraction of sp³-hybridized carbons (Fsp3) is 0.350. The van der Waals surface area contributed by atoms with Gasteiger partial charge >= 0.3 is 0 Å². The molecular weight excluding hydrogens is 328 g/mol. The maximum absolute atomic E-state index is 12.4. The van der Waals surface area contributed by atoms with E-state index in [1.54, 1.807) is 24.5 Å². The van der Waals surface area contributed by atoms with E-state index in [2.05, 4.69) is 44.6 Å². The molecule has 1 aromatic heterocycles. The Balaban J connectivity index is 1.29. The van der Waals surface area contributed by atoms with Crippen LogP contribution in [0.15, 0.2) is 60.0 Å². The molecule has 0 radical (unpaired) electrons. The molecule has 6 nitrogen and oxygen atoms in total. The number of likely N-dealkylation sites (tertiary alicyclic amines) is 1. The van der Waals surface area contributed by atoms with Crippen molar-refractivity contribution >= 4 is 17.3 Å². The lowest BCUT2D eigenvalue weighted by molar-refractivity contribution is -0.110. The monoisotopic (exact) mass is 350 g/mol. The number of anilines is 1. The first-order valence-electron chi connectivity index (χ1n) is 8.95. The Kier molecular flexibility index (Phi) is 4.67. The van der Waals surface area contributed by atoms with Crippen LogP contribution >= 0.6 is 0 Å². The number of hydrogen-bond donors (Lipinski definition) is 1. The third-order valence-corrected chi connectivity index (χ3v) is 4.98. The second kappa shape index (κ2) is 7.25. The van der Waals surface area contributed by atoms with Gasteiger partial charge in [0, 0.05) is 38.7 Å². The van der Waals surface area contributed by atoms with Crippen molar-refractivity contribution < 1.29 is 9.63 Å². The Hall–Kier alpha value is -2.73. The molecule has 0 bridgehead atoms. The van der Waals surface area contributed by atoms with Gasteiger partial charge in [0.2, 0.25) is 0 Å². The maximum Gasteiger partial charge on any atom is 0.273 e. The number of hydrogen-bond acceptors (Lipinski definition) is 5. The summed E-state index contributed by atoms with van der Waals surface area (Å²) in [5, 5.41) is 6.90. The number of oxime groups is 1. The summed E-state index contributed by atoms with van der Waals surface area (Å²) in [5.41, 5.74) is 2.11. The van der Waals surface area contributed by atoms with Crippen LogP contribution in [0.5, 0.6) is 0 Å². The third kappa shape index (κ3) is 3.75. The van der Waals surface area contributed by atoms with Gasteiger partial charge < -0.3 is 10.2 Å². The summed E-state index contributed by atoms with van der Waals surface area (Å²) in [6, 6.07) is 14.1. The van der Waals surface area contributed by atoms with Crippen LogP contribution in [0.1, 0.15) is 18.4 Å². The number of amides is 1. The molecule has 26 heavy (non-hydrogen) atoms. The molecule has 1 aromatic carbocycles. The first kappa shape index (κ1) is 16.7. The van der Waals surface area contributed by atoms with Crippen LogP contribution in [0.25, 0.3) is 0 Å². The second-order valence-corrected chi connectivity index (χ2v) is 6.95. The summed E-state index contributed by atoms with van der Waals surface area (Å²) >= 11 is 0. The largest absolute Gasteiger partial charge is 0.387 e. The van der Waals surface area contributed by atoms with E-state index in [4.69, 9.17) is 4.84 Å². The van der Waals surface area contributed by atoms with Gasteiger partial charge in [-0.3, -0.25) is 14.7 Å². The van der Waals surface area contributed by atoms with Gasteiger partial charge in [-0.1, -0.05) is 35.5 Å². The molecule has 2 aliphatic heterocycles. The Morgan fingerprint density at radius 1 is 1.23 bits per heavy atom. The molecule has 3 heterocycles. The minimum Gasteiger partial charge on any atom is -0.387 e. The van der Waals surface area contributed by atoms with Crippen molar-refractivity contribution in [2.45, 2.75) is 24.9 Å². The van der Waals surface area contributed by atoms with Crippen LogP contribution in [0.2, 0.25) is 0 Å². The Morgan fingerprint density at radius 3 is 2.92 bits per heavy atom. The van der Waals surface area contributed by atoms with E-state index in [1.807, 2.05) is 6.07 Å². The predicted molar refractivity (Wildman–Crippen MR) is 99.9 cm³/mol. The molecular formula is C20H22N4O2.